The molecule has 0 radical (unpaired) electrons. The number of nitrogens with zero attached hydrogens (tertiary/aromatic N) is 2. The van der Waals surface area contributed by atoms with Gasteiger partial charge in [-0.2, -0.15) is 16.4 Å². The molecule has 1 aromatic carbocycles. The van der Waals surface area contributed by atoms with Crippen molar-refractivity contribution >= 4 is 45.9 Å². The first-order valence-corrected chi connectivity index (χ1v) is 10.3. The summed E-state index contributed by atoms with van der Waals surface area (Å²) < 4.78 is 0. The lowest BCUT2D eigenvalue weighted by Crippen LogP contribution is -2.26. The van der Waals surface area contributed by atoms with E-state index in [1.54, 1.807) is 16.3 Å². The Kier molecular flexibility index (Phi) is 4.87. The van der Waals surface area contributed by atoms with Crippen LogP contribution in [0.2, 0.25) is 0 Å². The van der Waals surface area contributed by atoms with E-state index in [0.29, 0.717) is 17.7 Å². The molecule has 0 bridgehead atoms. The van der Waals surface area contributed by atoms with Crippen LogP contribution in [0.25, 0.3) is 0 Å². The highest BCUT2D eigenvalue weighted by molar-refractivity contribution is 7.10. The first-order valence-electron chi connectivity index (χ1n) is 8.47. The summed E-state index contributed by atoms with van der Waals surface area (Å²) >= 11 is 3.11. The lowest BCUT2D eigenvalue weighted by atomic mass is 10.0. The van der Waals surface area contributed by atoms with Crippen LogP contribution in [0.5, 0.6) is 0 Å². The molecule has 0 spiro atoms. The van der Waals surface area contributed by atoms with Crippen LogP contribution in [-0.4, -0.2) is 22.5 Å². The van der Waals surface area contributed by atoms with Gasteiger partial charge in [0.25, 0.3) is 5.91 Å². The van der Waals surface area contributed by atoms with Crippen LogP contribution in [-0.2, 0) is 4.79 Å². The number of hydrogen-bond acceptors (Lipinski definition) is 5. The van der Waals surface area contributed by atoms with Gasteiger partial charge >= 0.3 is 0 Å². The Labute approximate surface area is 165 Å². The van der Waals surface area contributed by atoms with Crippen molar-refractivity contribution < 1.29 is 9.59 Å². The number of thiophene rings is 2. The van der Waals surface area contributed by atoms with Gasteiger partial charge in [0.1, 0.15) is 0 Å². The molecule has 3 aromatic rings. The van der Waals surface area contributed by atoms with Crippen molar-refractivity contribution in [1.29, 1.82) is 0 Å². The molecule has 136 valence electrons. The van der Waals surface area contributed by atoms with Crippen molar-refractivity contribution in [2.45, 2.75) is 19.4 Å². The van der Waals surface area contributed by atoms with E-state index in [0.717, 1.165) is 16.2 Å². The summed E-state index contributed by atoms with van der Waals surface area (Å²) in [6.45, 7) is 1.48. The fourth-order valence-corrected chi connectivity index (χ4v) is 4.56. The van der Waals surface area contributed by atoms with Gasteiger partial charge in [-0.25, -0.2) is 5.01 Å². The highest BCUT2D eigenvalue weighted by atomic mass is 32.1. The van der Waals surface area contributed by atoms with Gasteiger partial charge in [0.05, 0.1) is 17.3 Å². The molecule has 4 rings (SSSR count). The second-order valence-corrected chi connectivity index (χ2v) is 7.93. The Morgan fingerprint density at radius 2 is 2.00 bits per heavy atom. The van der Waals surface area contributed by atoms with Crippen LogP contribution in [0.1, 0.15) is 40.2 Å². The first-order chi connectivity index (χ1) is 13.1. The van der Waals surface area contributed by atoms with Gasteiger partial charge in [-0.05, 0) is 29.0 Å². The summed E-state index contributed by atoms with van der Waals surface area (Å²) in [6, 6.07) is 13.2. The number of para-hydroxylation sites is 1. The predicted octanol–water partition coefficient (Wildman–Crippen LogP) is 4.76. The summed E-state index contributed by atoms with van der Waals surface area (Å²) in [5, 5.41) is 14.8. The number of benzene rings is 1. The molecule has 5 nitrogen and oxygen atoms in total. The molecular formula is C20H17N3O2S2. The number of nitrogens with one attached hydrogen (secondary N) is 1. The molecule has 0 fully saturated rings. The Bertz CT molecular complexity index is 994. The molecule has 0 aliphatic carbocycles. The van der Waals surface area contributed by atoms with Crippen molar-refractivity contribution in [3.63, 3.8) is 0 Å². The summed E-state index contributed by atoms with van der Waals surface area (Å²) in [5.41, 5.74) is 2.98. The van der Waals surface area contributed by atoms with Crippen molar-refractivity contribution in [3.05, 3.63) is 74.6 Å². The Morgan fingerprint density at radius 1 is 1.15 bits per heavy atom. The maximum Gasteiger partial charge on any atom is 0.275 e. The van der Waals surface area contributed by atoms with E-state index in [2.05, 4.69) is 10.4 Å². The number of anilines is 1. The molecule has 27 heavy (non-hydrogen) atoms. The van der Waals surface area contributed by atoms with Crippen molar-refractivity contribution in [2.24, 2.45) is 5.10 Å². The molecule has 1 aliphatic heterocycles. The molecule has 1 aliphatic rings. The van der Waals surface area contributed by atoms with E-state index in [-0.39, 0.29) is 17.9 Å². The largest absolute Gasteiger partial charge is 0.326 e. The van der Waals surface area contributed by atoms with E-state index in [1.807, 2.05) is 58.6 Å². The minimum atomic E-state index is -0.141. The number of amides is 2. The lowest BCUT2D eigenvalue weighted by Gasteiger charge is -2.20. The second-order valence-electron chi connectivity index (χ2n) is 6.17. The van der Waals surface area contributed by atoms with Crippen LogP contribution < -0.4 is 5.32 Å². The van der Waals surface area contributed by atoms with Gasteiger partial charge in [-0.15, -0.1) is 11.3 Å². The molecule has 2 aromatic heterocycles. The molecule has 0 saturated heterocycles. The molecule has 0 unspecified atom stereocenters. The molecular weight excluding hydrogens is 378 g/mol. The third-order valence-electron chi connectivity index (χ3n) is 4.31. The normalized spacial score (nSPS) is 16.3. The Morgan fingerprint density at radius 3 is 2.70 bits per heavy atom. The minimum Gasteiger partial charge on any atom is -0.326 e. The van der Waals surface area contributed by atoms with E-state index in [4.69, 9.17) is 0 Å². The molecule has 1 N–H and O–H groups in total. The standard InChI is InChI=1S/C20H17N3O2S2/c1-13(24)21-16-6-3-2-5-15(16)17-11-18(19-7-4-9-27-19)23(22-17)20(25)14-8-10-26-12-14/h2-10,12,18H,11H2,1H3,(H,21,24)/t18-/m0/s1. The summed E-state index contributed by atoms with van der Waals surface area (Å²) in [4.78, 5) is 25.7. The van der Waals surface area contributed by atoms with Gasteiger partial charge in [0.15, 0.2) is 0 Å². The molecule has 2 amide bonds. The maximum atomic E-state index is 13.0. The average Bonchev–Trinajstić information content (AvgIpc) is 3.41. The van der Waals surface area contributed by atoms with Gasteiger partial charge in [0.2, 0.25) is 5.91 Å². The summed E-state index contributed by atoms with van der Waals surface area (Å²) in [6.07, 6.45) is 0.604. The highest BCUT2D eigenvalue weighted by Gasteiger charge is 2.35. The zero-order valence-corrected chi connectivity index (χ0v) is 16.2. The fourth-order valence-electron chi connectivity index (χ4n) is 3.11. The van der Waals surface area contributed by atoms with Gasteiger partial charge < -0.3 is 5.32 Å². The maximum absolute atomic E-state index is 13.0. The van der Waals surface area contributed by atoms with Crippen LogP contribution >= 0.6 is 22.7 Å². The summed E-state index contributed by atoms with van der Waals surface area (Å²) in [5.74, 6) is -0.247. The van der Waals surface area contributed by atoms with E-state index < -0.39 is 0 Å². The number of carbonyl (C=O) groups excluding carboxylic acids is 2. The summed E-state index contributed by atoms with van der Waals surface area (Å²) in [7, 11) is 0. The third-order valence-corrected chi connectivity index (χ3v) is 5.96. The van der Waals surface area contributed by atoms with Crippen LogP contribution in [0.4, 0.5) is 5.69 Å². The molecule has 0 saturated carbocycles. The monoisotopic (exact) mass is 395 g/mol. The topological polar surface area (TPSA) is 61.8 Å². The van der Waals surface area contributed by atoms with Crippen molar-refractivity contribution in [2.75, 3.05) is 5.32 Å². The van der Waals surface area contributed by atoms with Crippen LogP contribution in [0.3, 0.4) is 0 Å². The van der Waals surface area contributed by atoms with Gasteiger partial charge in [-0.3, -0.25) is 9.59 Å². The van der Waals surface area contributed by atoms with Gasteiger partial charge in [-0.1, -0.05) is 24.3 Å². The fraction of sp³-hybridized carbons (Fsp3) is 0.150. The molecule has 7 heteroatoms. The third kappa shape index (κ3) is 3.56. The van der Waals surface area contributed by atoms with Gasteiger partial charge in [0, 0.05) is 34.9 Å². The molecule has 1 atom stereocenters. The van der Waals surface area contributed by atoms with E-state index in [1.165, 1.54) is 18.3 Å². The molecule has 3 heterocycles. The quantitative estimate of drug-likeness (QED) is 0.692. The zero-order valence-electron chi connectivity index (χ0n) is 14.6. The first kappa shape index (κ1) is 17.6. The zero-order chi connectivity index (χ0) is 18.8. The minimum absolute atomic E-state index is 0.110. The van der Waals surface area contributed by atoms with Crippen LogP contribution in [0.15, 0.2) is 63.7 Å². The number of hydrazone groups is 1. The van der Waals surface area contributed by atoms with E-state index in [9.17, 15) is 9.59 Å². The van der Waals surface area contributed by atoms with E-state index >= 15 is 0 Å². The highest BCUT2D eigenvalue weighted by Crippen LogP contribution is 2.37. The number of hydrogen-bond donors (Lipinski definition) is 1. The number of rotatable bonds is 4. The van der Waals surface area contributed by atoms with Crippen molar-refractivity contribution in [1.82, 2.24) is 5.01 Å². The predicted molar refractivity (Wildman–Crippen MR) is 109 cm³/mol. The van der Waals surface area contributed by atoms with Crippen LogP contribution in [0, 0.1) is 0 Å². The average molecular weight is 396 g/mol. The Hall–Kier alpha value is -2.77. The lowest BCUT2D eigenvalue weighted by molar-refractivity contribution is -0.114. The Balaban J connectivity index is 1.73. The smallest absolute Gasteiger partial charge is 0.275 e. The number of carbonyl (C=O) groups is 2. The SMILES string of the molecule is CC(=O)Nc1ccccc1C1=NN(C(=O)c2ccsc2)[C@H](c2cccs2)C1. The van der Waals surface area contributed by atoms with Crippen molar-refractivity contribution in [3.8, 4) is 0 Å². The second kappa shape index (κ2) is 7.46.